The van der Waals surface area contributed by atoms with Crippen LogP contribution in [-0.4, -0.2) is 23.0 Å². The van der Waals surface area contributed by atoms with Gasteiger partial charge in [0, 0.05) is 0 Å². The molecular weight excluding hydrogens is 248 g/mol. The third kappa shape index (κ3) is 4.71. The van der Waals surface area contributed by atoms with Gasteiger partial charge in [-0.05, 0) is 26.0 Å². The summed E-state index contributed by atoms with van der Waals surface area (Å²) in [6.45, 7) is 3.86. The molecule has 0 aliphatic rings. The number of rotatable bonds is 6. The summed E-state index contributed by atoms with van der Waals surface area (Å²) in [4.78, 5) is 11.9. The van der Waals surface area contributed by atoms with Crippen LogP contribution in [0.2, 0.25) is 0 Å². The van der Waals surface area contributed by atoms with Gasteiger partial charge in [-0.2, -0.15) is 0 Å². The zero-order chi connectivity index (χ0) is 13.6. The number of nitrogens with one attached hydrogen (secondary N) is 1. The molecule has 0 heterocycles. The highest BCUT2D eigenvalue weighted by Gasteiger charge is 2.23. The van der Waals surface area contributed by atoms with Crippen LogP contribution in [0.3, 0.4) is 0 Å². The van der Waals surface area contributed by atoms with E-state index in [1.165, 1.54) is 0 Å². The lowest BCUT2D eigenvalue weighted by Gasteiger charge is -2.24. The molecule has 1 aromatic carbocycles. The molecule has 0 atom stereocenters. The van der Waals surface area contributed by atoms with E-state index in [1.807, 2.05) is 30.3 Å². The van der Waals surface area contributed by atoms with Crippen LogP contribution in [-0.2, 0) is 4.79 Å². The Morgan fingerprint density at radius 2 is 2.00 bits per heavy atom. The van der Waals surface area contributed by atoms with Crippen LogP contribution in [0.15, 0.2) is 30.3 Å². The number of nitrogens with two attached hydrogens (primary N) is 1. The van der Waals surface area contributed by atoms with Gasteiger partial charge < -0.3 is 15.8 Å². The van der Waals surface area contributed by atoms with Crippen molar-refractivity contribution in [3.05, 3.63) is 30.3 Å². The molecule has 1 rings (SSSR count). The average Bonchev–Trinajstić information content (AvgIpc) is 2.29. The van der Waals surface area contributed by atoms with E-state index in [-0.39, 0.29) is 17.3 Å². The molecule has 0 fully saturated rings. The van der Waals surface area contributed by atoms with Crippen molar-refractivity contribution < 1.29 is 9.53 Å². The van der Waals surface area contributed by atoms with Crippen LogP contribution in [0.25, 0.3) is 0 Å². The van der Waals surface area contributed by atoms with Gasteiger partial charge in [-0.25, -0.2) is 0 Å². The molecule has 0 spiro atoms. The standard InChI is InChI=1S/C13H18N2O2S/c1-13(2,12(14)18)15-11(16)8-9-17-10-6-4-3-5-7-10/h3-7H,8-9H2,1-2H3,(H2,14,18)(H,15,16). The van der Waals surface area contributed by atoms with E-state index in [2.05, 4.69) is 5.32 Å². The van der Waals surface area contributed by atoms with E-state index >= 15 is 0 Å². The van der Waals surface area contributed by atoms with Gasteiger partial charge in [-0.3, -0.25) is 4.79 Å². The Balaban J connectivity index is 2.32. The lowest BCUT2D eigenvalue weighted by atomic mass is 10.1. The molecule has 98 valence electrons. The van der Waals surface area contributed by atoms with Gasteiger partial charge in [-0.15, -0.1) is 0 Å². The van der Waals surface area contributed by atoms with Gasteiger partial charge in [-0.1, -0.05) is 30.4 Å². The molecule has 0 saturated carbocycles. The highest BCUT2D eigenvalue weighted by atomic mass is 32.1. The van der Waals surface area contributed by atoms with Gasteiger partial charge in [0.1, 0.15) is 5.75 Å². The Hall–Kier alpha value is -1.62. The predicted octanol–water partition coefficient (Wildman–Crippen LogP) is 1.64. The Bertz CT molecular complexity index is 418. The molecule has 18 heavy (non-hydrogen) atoms. The molecule has 0 aromatic heterocycles. The summed E-state index contributed by atoms with van der Waals surface area (Å²) in [5, 5.41) is 2.76. The fourth-order valence-corrected chi connectivity index (χ4v) is 1.30. The van der Waals surface area contributed by atoms with E-state index in [0.717, 1.165) is 5.75 Å². The maximum atomic E-state index is 11.6. The maximum absolute atomic E-state index is 11.6. The van der Waals surface area contributed by atoms with Gasteiger partial charge in [0.15, 0.2) is 0 Å². The summed E-state index contributed by atoms with van der Waals surface area (Å²) in [6, 6.07) is 9.36. The highest BCUT2D eigenvalue weighted by molar-refractivity contribution is 7.80. The third-order valence-electron chi connectivity index (χ3n) is 2.41. The second-order valence-corrected chi connectivity index (χ2v) is 4.89. The summed E-state index contributed by atoms with van der Waals surface area (Å²) < 4.78 is 5.43. The van der Waals surface area contributed by atoms with Crippen LogP contribution < -0.4 is 15.8 Å². The molecule has 0 saturated heterocycles. The summed E-state index contributed by atoms with van der Waals surface area (Å²) >= 11 is 4.87. The van der Waals surface area contributed by atoms with E-state index in [0.29, 0.717) is 6.61 Å². The largest absolute Gasteiger partial charge is 0.493 e. The van der Waals surface area contributed by atoms with Gasteiger partial charge in [0.25, 0.3) is 0 Å². The van der Waals surface area contributed by atoms with Gasteiger partial charge in [0.2, 0.25) is 5.91 Å². The molecule has 0 bridgehead atoms. The van der Waals surface area contributed by atoms with Crippen LogP contribution in [0.4, 0.5) is 0 Å². The van der Waals surface area contributed by atoms with Crippen molar-refractivity contribution in [2.75, 3.05) is 6.61 Å². The number of para-hydroxylation sites is 1. The van der Waals surface area contributed by atoms with Crippen molar-refractivity contribution in [3.8, 4) is 5.75 Å². The SMILES string of the molecule is CC(C)(NC(=O)CCOc1ccccc1)C(N)=S. The van der Waals surface area contributed by atoms with Crippen molar-refractivity contribution in [2.24, 2.45) is 5.73 Å². The molecule has 0 unspecified atom stereocenters. The first kappa shape index (κ1) is 14.4. The number of ether oxygens (including phenoxy) is 1. The van der Waals surface area contributed by atoms with Crippen LogP contribution >= 0.6 is 12.2 Å². The quantitative estimate of drug-likeness (QED) is 0.768. The lowest BCUT2D eigenvalue weighted by molar-refractivity contribution is -0.122. The van der Waals surface area contributed by atoms with Crippen molar-refractivity contribution in [1.82, 2.24) is 5.32 Å². The van der Waals surface area contributed by atoms with Crippen molar-refractivity contribution in [1.29, 1.82) is 0 Å². The molecule has 4 nitrogen and oxygen atoms in total. The van der Waals surface area contributed by atoms with Crippen molar-refractivity contribution in [3.63, 3.8) is 0 Å². The molecule has 5 heteroatoms. The first-order chi connectivity index (χ1) is 8.42. The minimum atomic E-state index is -0.667. The number of hydrogen-bond acceptors (Lipinski definition) is 3. The third-order valence-corrected chi connectivity index (χ3v) is 2.92. The fourth-order valence-electron chi connectivity index (χ4n) is 1.25. The molecule has 3 N–H and O–H groups in total. The molecule has 0 aliphatic heterocycles. The molecule has 0 radical (unpaired) electrons. The van der Waals surface area contributed by atoms with Crippen LogP contribution in [0, 0.1) is 0 Å². The van der Waals surface area contributed by atoms with Crippen molar-refractivity contribution in [2.45, 2.75) is 25.8 Å². The average molecular weight is 266 g/mol. The summed E-state index contributed by atoms with van der Waals surface area (Å²) in [7, 11) is 0. The smallest absolute Gasteiger partial charge is 0.224 e. The number of hydrogen-bond donors (Lipinski definition) is 2. The van der Waals surface area contributed by atoms with E-state index in [9.17, 15) is 4.79 Å². The number of carbonyl (C=O) groups excluding carboxylic acids is 1. The maximum Gasteiger partial charge on any atom is 0.224 e. The molecule has 0 aliphatic carbocycles. The molecule has 1 amide bonds. The Morgan fingerprint density at radius 1 is 1.39 bits per heavy atom. The monoisotopic (exact) mass is 266 g/mol. The number of thiocarbonyl (C=S) groups is 1. The van der Waals surface area contributed by atoms with Crippen LogP contribution in [0.5, 0.6) is 5.75 Å². The predicted molar refractivity (Wildman–Crippen MR) is 75.6 cm³/mol. The summed E-state index contributed by atoms with van der Waals surface area (Å²) in [6.07, 6.45) is 0.265. The molecular formula is C13H18N2O2S. The van der Waals surface area contributed by atoms with Crippen molar-refractivity contribution >= 4 is 23.1 Å². The van der Waals surface area contributed by atoms with E-state index in [1.54, 1.807) is 13.8 Å². The second kappa shape index (κ2) is 6.35. The topological polar surface area (TPSA) is 64.3 Å². The molecule has 1 aromatic rings. The zero-order valence-electron chi connectivity index (χ0n) is 10.6. The normalized spacial score (nSPS) is 10.8. The fraction of sp³-hybridized carbons (Fsp3) is 0.385. The van der Waals surface area contributed by atoms with Gasteiger partial charge >= 0.3 is 0 Å². The number of amides is 1. The van der Waals surface area contributed by atoms with Crippen LogP contribution in [0.1, 0.15) is 20.3 Å². The van der Waals surface area contributed by atoms with E-state index in [4.69, 9.17) is 22.7 Å². The summed E-state index contributed by atoms with van der Waals surface area (Å²) in [5.41, 5.74) is 4.86. The Labute approximate surface area is 113 Å². The first-order valence-corrected chi connectivity index (χ1v) is 6.11. The Morgan fingerprint density at radius 3 is 2.56 bits per heavy atom. The number of carbonyl (C=O) groups is 1. The summed E-state index contributed by atoms with van der Waals surface area (Å²) in [5.74, 6) is 0.614. The number of benzene rings is 1. The first-order valence-electron chi connectivity index (χ1n) is 5.70. The lowest BCUT2D eigenvalue weighted by Crippen LogP contribution is -2.52. The minimum absolute atomic E-state index is 0.135. The van der Waals surface area contributed by atoms with E-state index < -0.39 is 5.54 Å². The Kier molecular flexibility index (Phi) is 5.09. The van der Waals surface area contributed by atoms with Gasteiger partial charge in [0.05, 0.1) is 23.6 Å². The second-order valence-electron chi connectivity index (χ2n) is 4.45. The zero-order valence-corrected chi connectivity index (χ0v) is 11.4. The highest BCUT2D eigenvalue weighted by Crippen LogP contribution is 2.08. The minimum Gasteiger partial charge on any atom is -0.493 e.